The summed E-state index contributed by atoms with van der Waals surface area (Å²) in [5.74, 6) is 0.781. The lowest BCUT2D eigenvalue weighted by molar-refractivity contribution is 0.0505. The van der Waals surface area contributed by atoms with Crippen LogP contribution in [0.2, 0.25) is 0 Å². The van der Waals surface area contributed by atoms with Crippen molar-refractivity contribution in [2.45, 2.75) is 64.6 Å². The molecule has 0 spiro atoms. The zero-order chi connectivity index (χ0) is 15.5. The third-order valence-electron chi connectivity index (χ3n) is 3.29. The van der Waals surface area contributed by atoms with Crippen molar-refractivity contribution in [1.82, 2.24) is 15.3 Å². The van der Waals surface area contributed by atoms with Crippen LogP contribution in [0.15, 0.2) is 12.4 Å². The fourth-order valence-corrected chi connectivity index (χ4v) is 2.39. The Labute approximate surface area is 125 Å². The van der Waals surface area contributed by atoms with Gasteiger partial charge in [0, 0.05) is 12.1 Å². The number of alkyl carbamates (subject to hydrolysis) is 1. The third-order valence-corrected chi connectivity index (χ3v) is 3.29. The van der Waals surface area contributed by atoms with Crippen LogP contribution < -0.4 is 10.6 Å². The number of carbonyl (C=O) groups excluding carboxylic acids is 1. The Morgan fingerprint density at radius 3 is 2.57 bits per heavy atom. The first-order valence-electron chi connectivity index (χ1n) is 7.36. The topological polar surface area (TPSA) is 76.1 Å². The van der Waals surface area contributed by atoms with Gasteiger partial charge in [0.05, 0.1) is 18.1 Å². The fourth-order valence-electron chi connectivity index (χ4n) is 2.39. The lowest BCUT2D eigenvalue weighted by Crippen LogP contribution is -2.38. The second kappa shape index (κ2) is 6.28. The quantitative estimate of drug-likeness (QED) is 0.895. The number of rotatable bonds is 3. The Balaban J connectivity index is 1.78. The minimum atomic E-state index is -0.460. The molecule has 2 rings (SSSR count). The molecule has 2 atom stereocenters. The van der Waals surface area contributed by atoms with Crippen LogP contribution in [-0.2, 0) is 4.74 Å². The smallest absolute Gasteiger partial charge is 0.407 e. The van der Waals surface area contributed by atoms with E-state index in [9.17, 15) is 4.79 Å². The summed E-state index contributed by atoms with van der Waals surface area (Å²) in [6.07, 6.45) is 5.95. The predicted molar refractivity (Wildman–Crippen MR) is 81.2 cm³/mol. The zero-order valence-electron chi connectivity index (χ0n) is 13.1. The number of amides is 1. The molecular weight excluding hydrogens is 268 g/mol. The molecule has 116 valence electrons. The van der Waals surface area contributed by atoms with Gasteiger partial charge in [-0.3, -0.25) is 4.98 Å². The number of aromatic nitrogens is 2. The van der Waals surface area contributed by atoms with E-state index in [2.05, 4.69) is 20.6 Å². The second-order valence-corrected chi connectivity index (χ2v) is 6.54. The Kier molecular flexibility index (Phi) is 4.65. The molecule has 0 aliphatic heterocycles. The van der Waals surface area contributed by atoms with Crippen molar-refractivity contribution in [3.8, 4) is 0 Å². The molecule has 0 unspecified atom stereocenters. The van der Waals surface area contributed by atoms with Gasteiger partial charge in [-0.15, -0.1) is 0 Å². The molecule has 21 heavy (non-hydrogen) atoms. The van der Waals surface area contributed by atoms with Gasteiger partial charge >= 0.3 is 6.09 Å². The summed E-state index contributed by atoms with van der Waals surface area (Å²) < 4.78 is 5.27. The summed E-state index contributed by atoms with van der Waals surface area (Å²) in [5.41, 5.74) is 0.439. The first kappa shape index (κ1) is 15.5. The van der Waals surface area contributed by atoms with E-state index in [-0.39, 0.29) is 12.1 Å². The summed E-state index contributed by atoms with van der Waals surface area (Å²) in [7, 11) is 0. The highest BCUT2D eigenvalue weighted by molar-refractivity contribution is 5.68. The average Bonchev–Trinajstić information content (AvgIpc) is 2.77. The number of ether oxygens (including phenoxy) is 1. The molecule has 1 saturated carbocycles. The first-order chi connectivity index (χ1) is 9.82. The number of anilines is 1. The molecule has 0 saturated heterocycles. The van der Waals surface area contributed by atoms with E-state index in [1.807, 2.05) is 27.7 Å². The standard InChI is InChI=1S/C15H24N4O2/c1-10-8-17-13(9-16-10)18-11-5-6-12(7-11)19-14(20)21-15(2,3)4/h8-9,11-12H,5-7H2,1-4H3,(H,17,18)(H,19,20)/t11-,12-/m0/s1. The van der Waals surface area contributed by atoms with E-state index in [0.29, 0.717) is 6.04 Å². The Morgan fingerprint density at radius 2 is 1.95 bits per heavy atom. The largest absolute Gasteiger partial charge is 0.444 e. The maximum Gasteiger partial charge on any atom is 0.407 e. The van der Waals surface area contributed by atoms with E-state index < -0.39 is 5.60 Å². The molecule has 1 fully saturated rings. The van der Waals surface area contributed by atoms with Gasteiger partial charge < -0.3 is 15.4 Å². The summed E-state index contributed by atoms with van der Waals surface area (Å²) in [6.45, 7) is 7.50. The number of nitrogens with zero attached hydrogens (tertiary/aromatic N) is 2. The molecule has 1 aliphatic carbocycles. The molecule has 2 N–H and O–H groups in total. The van der Waals surface area contributed by atoms with E-state index >= 15 is 0 Å². The van der Waals surface area contributed by atoms with Crippen LogP contribution in [0.4, 0.5) is 10.6 Å². The van der Waals surface area contributed by atoms with Crippen molar-refractivity contribution in [3.05, 3.63) is 18.1 Å². The van der Waals surface area contributed by atoms with Crippen molar-refractivity contribution in [1.29, 1.82) is 0 Å². The number of nitrogens with one attached hydrogen (secondary N) is 2. The van der Waals surface area contributed by atoms with Crippen molar-refractivity contribution < 1.29 is 9.53 Å². The van der Waals surface area contributed by atoms with Gasteiger partial charge in [-0.1, -0.05) is 0 Å². The minimum absolute atomic E-state index is 0.149. The van der Waals surface area contributed by atoms with Crippen molar-refractivity contribution in [3.63, 3.8) is 0 Å². The maximum atomic E-state index is 11.7. The van der Waals surface area contributed by atoms with Gasteiger partial charge in [0.25, 0.3) is 0 Å². The Hall–Kier alpha value is -1.85. The van der Waals surface area contributed by atoms with Crippen LogP contribution >= 0.6 is 0 Å². The summed E-state index contributed by atoms with van der Waals surface area (Å²) in [5, 5.41) is 6.28. The van der Waals surface area contributed by atoms with Crippen molar-refractivity contribution in [2.75, 3.05) is 5.32 Å². The van der Waals surface area contributed by atoms with Crippen LogP contribution in [0.5, 0.6) is 0 Å². The maximum absolute atomic E-state index is 11.7. The highest BCUT2D eigenvalue weighted by Gasteiger charge is 2.27. The highest BCUT2D eigenvalue weighted by Crippen LogP contribution is 2.22. The second-order valence-electron chi connectivity index (χ2n) is 6.54. The van der Waals surface area contributed by atoms with E-state index in [1.54, 1.807) is 12.4 Å². The van der Waals surface area contributed by atoms with Crippen molar-refractivity contribution >= 4 is 11.9 Å². The summed E-state index contributed by atoms with van der Waals surface area (Å²) in [6, 6.07) is 0.456. The molecule has 6 heteroatoms. The lowest BCUT2D eigenvalue weighted by atomic mass is 10.2. The number of hydrogen-bond acceptors (Lipinski definition) is 5. The molecule has 6 nitrogen and oxygen atoms in total. The number of carbonyl (C=O) groups is 1. The van der Waals surface area contributed by atoms with Crippen LogP contribution in [0.3, 0.4) is 0 Å². The molecule has 1 heterocycles. The monoisotopic (exact) mass is 292 g/mol. The predicted octanol–water partition coefficient (Wildman–Crippen LogP) is 2.64. The molecule has 1 aromatic heterocycles. The summed E-state index contributed by atoms with van der Waals surface area (Å²) >= 11 is 0. The first-order valence-corrected chi connectivity index (χ1v) is 7.36. The molecule has 1 aliphatic rings. The Morgan fingerprint density at radius 1 is 1.24 bits per heavy atom. The number of hydrogen-bond donors (Lipinski definition) is 2. The van der Waals surface area contributed by atoms with Crippen LogP contribution in [-0.4, -0.2) is 33.7 Å². The molecule has 0 radical (unpaired) electrons. The molecule has 1 amide bonds. The van der Waals surface area contributed by atoms with E-state index in [1.165, 1.54) is 0 Å². The minimum Gasteiger partial charge on any atom is -0.444 e. The van der Waals surface area contributed by atoms with Gasteiger partial charge in [-0.2, -0.15) is 0 Å². The Bertz CT molecular complexity index is 481. The molecular formula is C15H24N4O2. The average molecular weight is 292 g/mol. The van der Waals surface area contributed by atoms with Crippen LogP contribution in [0.25, 0.3) is 0 Å². The van der Waals surface area contributed by atoms with E-state index in [0.717, 1.165) is 30.8 Å². The summed E-state index contributed by atoms with van der Waals surface area (Å²) in [4.78, 5) is 20.2. The third kappa shape index (κ3) is 5.21. The fraction of sp³-hybridized carbons (Fsp3) is 0.667. The van der Waals surface area contributed by atoms with Crippen LogP contribution in [0.1, 0.15) is 45.7 Å². The lowest BCUT2D eigenvalue weighted by Gasteiger charge is -2.21. The molecule has 1 aromatic rings. The highest BCUT2D eigenvalue weighted by atomic mass is 16.6. The SMILES string of the molecule is Cc1cnc(N[C@H]2CC[C@H](NC(=O)OC(C)(C)C)C2)cn1. The molecule has 0 aromatic carbocycles. The molecule has 0 bridgehead atoms. The van der Waals surface area contributed by atoms with Gasteiger partial charge in [0.15, 0.2) is 0 Å². The van der Waals surface area contributed by atoms with Crippen molar-refractivity contribution in [2.24, 2.45) is 0 Å². The van der Waals surface area contributed by atoms with E-state index in [4.69, 9.17) is 4.74 Å². The van der Waals surface area contributed by atoms with Gasteiger partial charge in [-0.25, -0.2) is 9.78 Å². The normalized spacial score (nSPS) is 21.9. The van der Waals surface area contributed by atoms with Gasteiger partial charge in [0.2, 0.25) is 0 Å². The zero-order valence-corrected chi connectivity index (χ0v) is 13.1. The van der Waals surface area contributed by atoms with Gasteiger partial charge in [0.1, 0.15) is 11.4 Å². The van der Waals surface area contributed by atoms with Gasteiger partial charge in [-0.05, 0) is 47.0 Å². The number of aryl methyl sites for hydroxylation is 1. The van der Waals surface area contributed by atoms with Crippen LogP contribution in [0, 0.1) is 6.92 Å².